The van der Waals surface area contributed by atoms with Crippen molar-refractivity contribution in [1.29, 1.82) is 0 Å². The standard InChI is InChI=1S/C16H21FN2O4S.ClH/c1-2-23-16(20)11-7-12(17)9-15(8-11)24(21,22)19-13-3-4-14(19)10-18-6-5-13;/h7-9,13-14,18H,2-6,10H2,1H3;1H. The van der Waals surface area contributed by atoms with Gasteiger partial charge in [-0.25, -0.2) is 17.6 Å². The minimum Gasteiger partial charge on any atom is -0.462 e. The van der Waals surface area contributed by atoms with Gasteiger partial charge in [-0.3, -0.25) is 0 Å². The summed E-state index contributed by atoms with van der Waals surface area (Å²) in [6.07, 6.45) is 2.33. The van der Waals surface area contributed by atoms with Gasteiger partial charge >= 0.3 is 5.97 Å². The maximum Gasteiger partial charge on any atom is 0.338 e. The zero-order chi connectivity index (χ0) is 17.3. The fourth-order valence-electron chi connectivity index (χ4n) is 3.50. The highest BCUT2D eigenvalue weighted by Crippen LogP contribution is 2.34. The number of esters is 1. The predicted octanol–water partition coefficient (Wildman–Crippen LogP) is 1.94. The molecule has 6 nitrogen and oxygen atoms in total. The number of benzene rings is 1. The van der Waals surface area contributed by atoms with Gasteiger partial charge in [-0.05, 0) is 50.9 Å². The van der Waals surface area contributed by atoms with E-state index >= 15 is 0 Å². The van der Waals surface area contributed by atoms with Crippen molar-refractivity contribution in [2.24, 2.45) is 0 Å². The first-order valence-corrected chi connectivity index (χ1v) is 9.59. The lowest BCUT2D eigenvalue weighted by Gasteiger charge is -2.27. The molecule has 9 heteroatoms. The molecular weight excluding hydrogens is 371 g/mol. The first kappa shape index (κ1) is 20.1. The van der Waals surface area contributed by atoms with Crippen molar-refractivity contribution < 1.29 is 22.3 Å². The van der Waals surface area contributed by atoms with Gasteiger partial charge in [0, 0.05) is 18.6 Å². The van der Waals surface area contributed by atoms with E-state index in [1.165, 1.54) is 10.4 Å². The number of halogens is 2. The summed E-state index contributed by atoms with van der Waals surface area (Å²) in [5.74, 6) is -1.49. The Hall–Kier alpha value is -1.22. The molecule has 2 aliphatic rings. The lowest BCUT2D eigenvalue weighted by Crippen LogP contribution is -2.42. The van der Waals surface area contributed by atoms with Gasteiger partial charge in [-0.2, -0.15) is 4.31 Å². The van der Waals surface area contributed by atoms with Crippen LogP contribution in [0.3, 0.4) is 0 Å². The topological polar surface area (TPSA) is 75.7 Å². The maximum absolute atomic E-state index is 13.9. The van der Waals surface area contributed by atoms with Crippen LogP contribution >= 0.6 is 12.4 Å². The highest BCUT2D eigenvalue weighted by atomic mass is 35.5. The molecule has 2 aliphatic heterocycles. The summed E-state index contributed by atoms with van der Waals surface area (Å²) in [6, 6.07) is 2.96. The lowest BCUT2D eigenvalue weighted by atomic mass is 10.1. The predicted molar refractivity (Wildman–Crippen MR) is 92.9 cm³/mol. The molecule has 1 aromatic rings. The van der Waals surface area contributed by atoms with Crippen molar-refractivity contribution in [3.63, 3.8) is 0 Å². The van der Waals surface area contributed by atoms with E-state index in [4.69, 9.17) is 4.74 Å². The van der Waals surface area contributed by atoms with Crippen LogP contribution in [-0.4, -0.2) is 50.5 Å². The molecule has 0 radical (unpaired) electrons. The summed E-state index contributed by atoms with van der Waals surface area (Å²) < 4.78 is 46.4. The number of nitrogens with one attached hydrogen (secondary N) is 1. The number of carbonyl (C=O) groups excluding carboxylic acids is 1. The smallest absolute Gasteiger partial charge is 0.338 e. The van der Waals surface area contributed by atoms with Gasteiger partial charge in [-0.15, -0.1) is 12.4 Å². The highest BCUT2D eigenvalue weighted by Gasteiger charge is 2.43. The van der Waals surface area contributed by atoms with E-state index in [2.05, 4.69) is 5.32 Å². The molecule has 2 bridgehead atoms. The van der Waals surface area contributed by atoms with Crippen LogP contribution in [0, 0.1) is 5.82 Å². The molecule has 0 aliphatic carbocycles. The molecule has 0 amide bonds. The van der Waals surface area contributed by atoms with E-state index in [-0.39, 0.29) is 41.6 Å². The normalized spacial score (nSPS) is 23.6. The van der Waals surface area contributed by atoms with E-state index in [0.717, 1.165) is 37.9 Å². The first-order valence-electron chi connectivity index (χ1n) is 8.15. The van der Waals surface area contributed by atoms with Gasteiger partial charge in [0.2, 0.25) is 10.0 Å². The van der Waals surface area contributed by atoms with Gasteiger partial charge in [0.05, 0.1) is 17.1 Å². The number of sulfonamides is 1. The van der Waals surface area contributed by atoms with Crippen LogP contribution in [0.2, 0.25) is 0 Å². The van der Waals surface area contributed by atoms with Crippen molar-refractivity contribution in [3.8, 4) is 0 Å². The number of hydrogen-bond donors (Lipinski definition) is 1. The summed E-state index contributed by atoms with van der Waals surface area (Å²) in [5.41, 5.74) is -0.0873. The average molecular weight is 393 g/mol. The van der Waals surface area contributed by atoms with Crippen LogP contribution < -0.4 is 5.32 Å². The van der Waals surface area contributed by atoms with Gasteiger partial charge in [0.25, 0.3) is 0 Å². The number of rotatable bonds is 4. The molecule has 2 heterocycles. The van der Waals surface area contributed by atoms with Crippen LogP contribution in [0.25, 0.3) is 0 Å². The van der Waals surface area contributed by atoms with Crippen LogP contribution in [0.5, 0.6) is 0 Å². The Morgan fingerprint density at radius 1 is 1.28 bits per heavy atom. The first-order chi connectivity index (χ1) is 11.4. The monoisotopic (exact) mass is 392 g/mol. The van der Waals surface area contributed by atoms with Gasteiger partial charge in [-0.1, -0.05) is 0 Å². The molecule has 3 rings (SSSR count). The van der Waals surface area contributed by atoms with Crippen molar-refractivity contribution >= 4 is 28.4 Å². The Kier molecular flexibility index (Phi) is 6.42. The third-order valence-electron chi connectivity index (χ3n) is 4.55. The Balaban J connectivity index is 0.00000225. The molecule has 2 unspecified atom stereocenters. The van der Waals surface area contributed by atoms with Gasteiger partial charge in [0.1, 0.15) is 5.82 Å². The largest absolute Gasteiger partial charge is 0.462 e. The fraction of sp³-hybridized carbons (Fsp3) is 0.562. The maximum atomic E-state index is 13.9. The van der Waals surface area contributed by atoms with Crippen molar-refractivity contribution in [1.82, 2.24) is 9.62 Å². The van der Waals surface area contributed by atoms with Gasteiger partial charge in [0.15, 0.2) is 0 Å². The fourth-order valence-corrected chi connectivity index (χ4v) is 5.45. The Morgan fingerprint density at radius 3 is 2.72 bits per heavy atom. The highest BCUT2D eigenvalue weighted by molar-refractivity contribution is 7.89. The summed E-state index contributed by atoms with van der Waals surface area (Å²) >= 11 is 0. The van der Waals surface area contributed by atoms with E-state index < -0.39 is 21.8 Å². The Morgan fingerprint density at radius 2 is 2.00 bits per heavy atom. The molecule has 2 fully saturated rings. The van der Waals surface area contributed by atoms with Crippen molar-refractivity contribution in [2.45, 2.75) is 43.2 Å². The number of fused-ring (bicyclic) bond motifs is 2. The minimum absolute atomic E-state index is 0. The molecule has 2 atom stereocenters. The second kappa shape index (κ2) is 7.99. The SMILES string of the molecule is CCOC(=O)c1cc(F)cc(S(=O)(=O)N2C3CCNCC2CC3)c1.Cl. The average Bonchev–Trinajstić information content (AvgIpc) is 2.80. The van der Waals surface area contributed by atoms with E-state index in [1.54, 1.807) is 6.92 Å². The number of carbonyl (C=O) groups is 1. The third kappa shape index (κ3) is 3.97. The number of ether oxygens (including phenoxy) is 1. The second-order valence-electron chi connectivity index (χ2n) is 6.11. The zero-order valence-corrected chi connectivity index (χ0v) is 15.5. The van der Waals surface area contributed by atoms with Crippen LogP contribution in [0.4, 0.5) is 4.39 Å². The molecule has 2 saturated heterocycles. The van der Waals surface area contributed by atoms with E-state index in [0.29, 0.717) is 6.54 Å². The summed E-state index contributed by atoms with van der Waals surface area (Å²) in [5, 5.41) is 3.24. The minimum atomic E-state index is -3.87. The van der Waals surface area contributed by atoms with Crippen LogP contribution in [0.15, 0.2) is 23.1 Å². The van der Waals surface area contributed by atoms with Crippen LogP contribution in [0.1, 0.15) is 36.5 Å². The Bertz CT molecular complexity index is 730. The molecule has 0 saturated carbocycles. The van der Waals surface area contributed by atoms with Gasteiger partial charge < -0.3 is 10.1 Å². The lowest BCUT2D eigenvalue weighted by molar-refractivity contribution is 0.0525. The van der Waals surface area contributed by atoms with Crippen LogP contribution in [-0.2, 0) is 14.8 Å². The Labute approximate surface area is 153 Å². The summed E-state index contributed by atoms with van der Waals surface area (Å²) in [6.45, 7) is 3.14. The van der Waals surface area contributed by atoms with Crippen molar-refractivity contribution in [2.75, 3.05) is 19.7 Å². The number of nitrogens with zero attached hydrogens (tertiary/aromatic N) is 1. The van der Waals surface area contributed by atoms with Crippen molar-refractivity contribution in [3.05, 3.63) is 29.6 Å². The summed E-state index contributed by atoms with van der Waals surface area (Å²) in [4.78, 5) is 11.7. The van der Waals surface area contributed by atoms with E-state index in [9.17, 15) is 17.6 Å². The quantitative estimate of drug-likeness (QED) is 0.792. The number of hydrogen-bond acceptors (Lipinski definition) is 5. The molecule has 1 N–H and O–H groups in total. The molecule has 0 aromatic heterocycles. The molecule has 1 aromatic carbocycles. The molecular formula is C16H22ClFN2O4S. The zero-order valence-electron chi connectivity index (χ0n) is 13.9. The second-order valence-corrected chi connectivity index (χ2v) is 7.95. The summed E-state index contributed by atoms with van der Waals surface area (Å²) in [7, 11) is -3.87. The molecule has 140 valence electrons. The molecule has 25 heavy (non-hydrogen) atoms. The van der Waals surface area contributed by atoms with E-state index in [1.807, 2.05) is 0 Å². The molecule has 0 spiro atoms. The third-order valence-corrected chi connectivity index (χ3v) is 6.53.